The summed E-state index contributed by atoms with van der Waals surface area (Å²) in [6, 6.07) is 4.81. The van der Waals surface area contributed by atoms with E-state index in [1.165, 1.54) is 6.07 Å². The molecule has 0 aliphatic rings. The number of benzene rings is 1. The van der Waals surface area contributed by atoms with E-state index < -0.39 is 4.92 Å². The lowest BCUT2D eigenvalue weighted by molar-refractivity contribution is -0.384. The molecule has 100 valence electrons. The quantitative estimate of drug-likeness (QED) is 0.578. The van der Waals surface area contributed by atoms with Gasteiger partial charge in [0.1, 0.15) is 0 Å². The molecule has 0 radical (unpaired) electrons. The lowest BCUT2D eigenvalue weighted by atomic mass is 10.0. The highest BCUT2D eigenvalue weighted by Gasteiger charge is 2.10. The van der Waals surface area contributed by atoms with Crippen molar-refractivity contribution in [1.82, 2.24) is 0 Å². The molecular weight excluding hydrogens is 232 g/mol. The number of nitro groups is 1. The van der Waals surface area contributed by atoms with E-state index in [4.69, 9.17) is 5.11 Å². The molecule has 1 aromatic carbocycles. The zero-order valence-electron chi connectivity index (χ0n) is 10.8. The van der Waals surface area contributed by atoms with Crippen molar-refractivity contribution in [2.24, 2.45) is 5.92 Å². The van der Waals surface area contributed by atoms with Gasteiger partial charge in [0.25, 0.3) is 5.69 Å². The Bertz CT molecular complexity index is 407. The van der Waals surface area contributed by atoms with Crippen LogP contribution in [0.2, 0.25) is 0 Å². The number of anilines is 1. The summed E-state index contributed by atoms with van der Waals surface area (Å²) in [7, 11) is 0. The van der Waals surface area contributed by atoms with Crippen molar-refractivity contribution < 1.29 is 10.0 Å². The van der Waals surface area contributed by atoms with Crippen molar-refractivity contribution in [3.63, 3.8) is 0 Å². The maximum Gasteiger partial charge on any atom is 0.271 e. The van der Waals surface area contributed by atoms with Crippen LogP contribution in [-0.4, -0.2) is 23.2 Å². The van der Waals surface area contributed by atoms with Crippen LogP contribution in [-0.2, 0) is 0 Å². The van der Waals surface area contributed by atoms with Gasteiger partial charge in [-0.25, -0.2) is 0 Å². The zero-order chi connectivity index (χ0) is 13.5. The van der Waals surface area contributed by atoms with Crippen molar-refractivity contribution >= 4 is 11.4 Å². The molecule has 0 amide bonds. The summed E-state index contributed by atoms with van der Waals surface area (Å²) in [5.74, 6) is 0.383. The predicted molar refractivity (Wildman–Crippen MR) is 71.8 cm³/mol. The van der Waals surface area contributed by atoms with Crippen molar-refractivity contribution in [1.29, 1.82) is 0 Å². The van der Waals surface area contributed by atoms with Gasteiger partial charge in [-0.05, 0) is 24.8 Å². The first-order valence-corrected chi connectivity index (χ1v) is 6.18. The molecule has 0 spiro atoms. The van der Waals surface area contributed by atoms with Gasteiger partial charge in [0.2, 0.25) is 0 Å². The largest absolute Gasteiger partial charge is 0.396 e. The van der Waals surface area contributed by atoms with E-state index in [-0.39, 0.29) is 12.3 Å². The van der Waals surface area contributed by atoms with Crippen LogP contribution in [0.1, 0.15) is 25.3 Å². The molecule has 2 N–H and O–H groups in total. The van der Waals surface area contributed by atoms with E-state index >= 15 is 0 Å². The Balaban J connectivity index is 2.71. The highest BCUT2D eigenvalue weighted by molar-refractivity contribution is 5.56. The van der Waals surface area contributed by atoms with Crippen LogP contribution in [0.25, 0.3) is 0 Å². The highest BCUT2D eigenvalue weighted by Crippen LogP contribution is 2.22. The molecule has 1 unspecified atom stereocenters. The van der Waals surface area contributed by atoms with Crippen LogP contribution >= 0.6 is 0 Å². The van der Waals surface area contributed by atoms with Crippen LogP contribution in [0.3, 0.4) is 0 Å². The summed E-state index contributed by atoms with van der Waals surface area (Å²) in [5, 5.41) is 22.9. The van der Waals surface area contributed by atoms with Gasteiger partial charge < -0.3 is 10.4 Å². The molecule has 5 heteroatoms. The zero-order valence-corrected chi connectivity index (χ0v) is 10.8. The van der Waals surface area contributed by atoms with Crippen LogP contribution in [0.4, 0.5) is 11.4 Å². The molecule has 5 nitrogen and oxygen atoms in total. The molecule has 18 heavy (non-hydrogen) atoms. The number of aliphatic hydroxyl groups excluding tert-OH is 1. The van der Waals surface area contributed by atoms with Gasteiger partial charge in [-0.15, -0.1) is 0 Å². The number of nitrogens with one attached hydrogen (secondary N) is 1. The molecule has 0 aliphatic carbocycles. The van der Waals surface area contributed by atoms with Crippen LogP contribution < -0.4 is 5.32 Å². The minimum absolute atomic E-state index is 0.0957. The van der Waals surface area contributed by atoms with Crippen molar-refractivity contribution in [2.75, 3.05) is 18.5 Å². The first-order valence-electron chi connectivity index (χ1n) is 6.18. The van der Waals surface area contributed by atoms with E-state index in [0.29, 0.717) is 5.92 Å². The van der Waals surface area contributed by atoms with E-state index in [2.05, 4.69) is 12.2 Å². The number of non-ortho nitro benzene ring substituents is 1. The summed E-state index contributed by atoms with van der Waals surface area (Å²) >= 11 is 0. The van der Waals surface area contributed by atoms with Crippen molar-refractivity contribution in [3.05, 3.63) is 33.9 Å². The fourth-order valence-electron chi connectivity index (χ4n) is 1.80. The number of aliphatic hydroxyl groups is 1. The van der Waals surface area contributed by atoms with Gasteiger partial charge >= 0.3 is 0 Å². The third-order valence-corrected chi connectivity index (χ3v) is 3.13. The standard InChI is InChI=1S/C13H20N2O3/c1-3-11(6-7-16)9-14-13-8-12(15(17)18)5-4-10(13)2/h4-5,8,11,14,16H,3,6-7,9H2,1-2H3. The number of hydrogen-bond acceptors (Lipinski definition) is 4. The summed E-state index contributed by atoms with van der Waals surface area (Å²) < 4.78 is 0. The lowest BCUT2D eigenvalue weighted by Crippen LogP contribution is -2.15. The second kappa shape index (κ2) is 6.96. The molecular formula is C13H20N2O3. The lowest BCUT2D eigenvalue weighted by Gasteiger charge is -2.16. The predicted octanol–water partition coefficient (Wildman–Crippen LogP) is 2.72. The van der Waals surface area contributed by atoms with Gasteiger partial charge in [-0.3, -0.25) is 10.1 Å². The van der Waals surface area contributed by atoms with E-state index in [0.717, 1.165) is 30.6 Å². The molecule has 0 heterocycles. The normalized spacial score (nSPS) is 12.2. The van der Waals surface area contributed by atoms with Crippen molar-refractivity contribution in [2.45, 2.75) is 26.7 Å². The highest BCUT2D eigenvalue weighted by atomic mass is 16.6. The molecule has 1 aromatic rings. The molecule has 0 aliphatic heterocycles. The van der Waals surface area contributed by atoms with Gasteiger partial charge in [0, 0.05) is 31.0 Å². The monoisotopic (exact) mass is 252 g/mol. The van der Waals surface area contributed by atoms with Gasteiger partial charge in [-0.2, -0.15) is 0 Å². The average molecular weight is 252 g/mol. The Labute approximate surface area is 107 Å². The fraction of sp³-hybridized carbons (Fsp3) is 0.538. The van der Waals surface area contributed by atoms with E-state index in [1.807, 2.05) is 6.92 Å². The Morgan fingerprint density at radius 3 is 2.78 bits per heavy atom. The maximum absolute atomic E-state index is 10.7. The third-order valence-electron chi connectivity index (χ3n) is 3.13. The number of nitrogens with zero attached hydrogens (tertiary/aromatic N) is 1. The third kappa shape index (κ3) is 4.00. The second-order valence-corrected chi connectivity index (χ2v) is 4.42. The maximum atomic E-state index is 10.7. The van der Waals surface area contributed by atoms with Gasteiger partial charge in [-0.1, -0.05) is 19.4 Å². The molecule has 0 saturated carbocycles. The molecule has 1 rings (SSSR count). The molecule has 0 aromatic heterocycles. The smallest absolute Gasteiger partial charge is 0.271 e. The first-order chi connectivity index (χ1) is 8.58. The minimum atomic E-state index is -0.393. The van der Waals surface area contributed by atoms with Crippen LogP contribution in [0, 0.1) is 23.0 Å². The summed E-state index contributed by atoms with van der Waals surface area (Å²) in [6.07, 6.45) is 1.72. The topological polar surface area (TPSA) is 75.4 Å². The fourth-order valence-corrected chi connectivity index (χ4v) is 1.80. The first kappa shape index (κ1) is 14.4. The number of aryl methyl sites for hydroxylation is 1. The average Bonchev–Trinajstić information content (AvgIpc) is 2.35. The molecule has 0 bridgehead atoms. The van der Waals surface area contributed by atoms with Gasteiger partial charge in [0.15, 0.2) is 0 Å². The Morgan fingerprint density at radius 1 is 1.50 bits per heavy atom. The van der Waals surface area contributed by atoms with Crippen LogP contribution in [0.5, 0.6) is 0 Å². The van der Waals surface area contributed by atoms with Crippen molar-refractivity contribution in [3.8, 4) is 0 Å². The number of hydrogen-bond donors (Lipinski definition) is 2. The molecule has 1 atom stereocenters. The summed E-state index contributed by atoms with van der Waals surface area (Å²) in [4.78, 5) is 10.3. The Morgan fingerprint density at radius 2 is 2.22 bits per heavy atom. The molecule has 0 saturated heterocycles. The van der Waals surface area contributed by atoms with Crippen LogP contribution in [0.15, 0.2) is 18.2 Å². The van der Waals surface area contributed by atoms with E-state index in [1.54, 1.807) is 12.1 Å². The Hall–Kier alpha value is -1.62. The summed E-state index contributed by atoms with van der Waals surface area (Å²) in [6.45, 7) is 4.88. The minimum Gasteiger partial charge on any atom is -0.396 e. The number of rotatable bonds is 7. The second-order valence-electron chi connectivity index (χ2n) is 4.42. The summed E-state index contributed by atoms with van der Waals surface area (Å²) in [5.41, 5.74) is 1.87. The van der Waals surface area contributed by atoms with E-state index in [9.17, 15) is 10.1 Å². The molecule has 0 fully saturated rings. The Kier molecular flexibility index (Phi) is 5.58. The number of nitro benzene ring substituents is 1. The van der Waals surface area contributed by atoms with Gasteiger partial charge in [0.05, 0.1) is 4.92 Å². The SMILES string of the molecule is CCC(CCO)CNc1cc([N+](=O)[O-])ccc1C.